The lowest BCUT2D eigenvalue weighted by Crippen LogP contribution is -2.33. The Kier molecular flexibility index (Phi) is 4.32. The molecule has 1 aromatic heterocycles. The number of hydrogen-bond donors (Lipinski definition) is 1. The van der Waals surface area contributed by atoms with Gasteiger partial charge in [-0.3, -0.25) is 4.79 Å². The fourth-order valence-electron chi connectivity index (χ4n) is 2.83. The van der Waals surface area contributed by atoms with E-state index in [1.807, 2.05) is 12.1 Å². The Bertz CT molecular complexity index is 674. The van der Waals surface area contributed by atoms with Crippen LogP contribution in [0, 0.1) is 5.92 Å². The average Bonchev–Trinajstić information content (AvgIpc) is 2.55. The summed E-state index contributed by atoms with van der Waals surface area (Å²) in [5.74, 6) is -3.68. The molecule has 4 nitrogen and oxygen atoms in total. The lowest BCUT2D eigenvalue weighted by molar-refractivity contribution is -0.127. The smallest absolute Gasteiger partial charge is 0.248 e. The van der Waals surface area contributed by atoms with E-state index >= 15 is 0 Å². The number of aromatic nitrogens is 2. The minimum absolute atomic E-state index is 0.120. The number of carbonyl (C=O) groups is 1. The summed E-state index contributed by atoms with van der Waals surface area (Å²) in [5, 5.41) is 2.72. The van der Waals surface area contributed by atoms with Crippen molar-refractivity contribution in [2.24, 2.45) is 5.92 Å². The largest absolute Gasteiger partial charge is 0.326 e. The number of hydrogen-bond acceptors (Lipinski definition) is 3. The van der Waals surface area contributed by atoms with Crippen LogP contribution in [0.2, 0.25) is 0 Å². The molecule has 0 saturated heterocycles. The Labute approximate surface area is 133 Å². The first-order chi connectivity index (χ1) is 11.0. The zero-order chi connectivity index (χ0) is 16.3. The first-order valence-corrected chi connectivity index (χ1v) is 7.58. The van der Waals surface area contributed by atoms with E-state index in [-0.39, 0.29) is 18.7 Å². The maximum atomic E-state index is 13.4. The van der Waals surface area contributed by atoms with Gasteiger partial charge in [-0.2, -0.15) is 0 Å². The van der Waals surface area contributed by atoms with E-state index in [0.29, 0.717) is 18.5 Å². The summed E-state index contributed by atoms with van der Waals surface area (Å²) in [5.41, 5.74) is 2.40. The number of carbonyl (C=O) groups excluding carboxylic acids is 1. The van der Waals surface area contributed by atoms with Gasteiger partial charge in [0.15, 0.2) is 0 Å². The highest BCUT2D eigenvalue weighted by Gasteiger charge is 2.39. The van der Waals surface area contributed by atoms with E-state index in [1.165, 1.54) is 6.33 Å². The Morgan fingerprint density at radius 2 is 1.83 bits per heavy atom. The van der Waals surface area contributed by atoms with Crippen LogP contribution in [-0.4, -0.2) is 21.8 Å². The number of rotatable bonds is 3. The summed E-state index contributed by atoms with van der Waals surface area (Å²) in [6.45, 7) is 0. The Balaban J connectivity index is 1.65. The molecule has 1 saturated carbocycles. The van der Waals surface area contributed by atoms with Crippen molar-refractivity contribution in [3.8, 4) is 11.1 Å². The second kappa shape index (κ2) is 6.40. The second-order valence-corrected chi connectivity index (χ2v) is 5.84. The van der Waals surface area contributed by atoms with E-state index in [0.717, 1.165) is 11.1 Å². The summed E-state index contributed by atoms with van der Waals surface area (Å²) in [7, 11) is 0. The summed E-state index contributed by atoms with van der Waals surface area (Å²) < 4.78 is 26.8. The fourth-order valence-corrected chi connectivity index (χ4v) is 2.83. The van der Waals surface area contributed by atoms with E-state index in [2.05, 4.69) is 15.3 Å². The Morgan fingerprint density at radius 1 is 1.13 bits per heavy atom. The van der Waals surface area contributed by atoms with Gasteiger partial charge in [-0.25, -0.2) is 18.7 Å². The normalized spacial score (nSPS) is 20.0. The Hall–Kier alpha value is -2.37. The topological polar surface area (TPSA) is 54.9 Å². The third-order valence-electron chi connectivity index (χ3n) is 4.06. The van der Waals surface area contributed by atoms with Crippen molar-refractivity contribution in [1.29, 1.82) is 0 Å². The van der Waals surface area contributed by atoms with E-state index in [1.54, 1.807) is 24.5 Å². The Morgan fingerprint density at radius 3 is 2.48 bits per heavy atom. The van der Waals surface area contributed by atoms with Crippen molar-refractivity contribution in [1.82, 2.24) is 9.97 Å². The van der Waals surface area contributed by atoms with E-state index < -0.39 is 11.8 Å². The van der Waals surface area contributed by atoms with Crippen LogP contribution in [0.3, 0.4) is 0 Å². The molecule has 0 radical (unpaired) electrons. The van der Waals surface area contributed by atoms with Crippen molar-refractivity contribution in [3.05, 3.63) is 43.0 Å². The summed E-state index contributed by atoms with van der Waals surface area (Å²) in [6, 6.07) is 7.18. The van der Waals surface area contributed by atoms with Gasteiger partial charge >= 0.3 is 0 Å². The standard InChI is InChI=1S/C17H17F2N3O/c18-17(19)7-1-2-13(8-17)16(23)22-15-5-3-12(4-6-15)14-9-20-11-21-10-14/h3-6,9-11,13H,1-2,7-8H2,(H,22,23). The molecule has 1 fully saturated rings. The minimum atomic E-state index is -2.72. The first-order valence-electron chi connectivity index (χ1n) is 7.58. The molecule has 1 amide bonds. The van der Waals surface area contributed by atoms with Gasteiger partial charge in [-0.1, -0.05) is 12.1 Å². The number of alkyl halides is 2. The quantitative estimate of drug-likeness (QED) is 0.934. The van der Waals surface area contributed by atoms with Crippen LogP contribution >= 0.6 is 0 Å². The zero-order valence-corrected chi connectivity index (χ0v) is 12.5. The first kappa shape index (κ1) is 15.5. The molecule has 1 aliphatic rings. The molecule has 6 heteroatoms. The predicted molar refractivity (Wildman–Crippen MR) is 83.0 cm³/mol. The van der Waals surface area contributed by atoms with Crippen molar-refractivity contribution in [2.45, 2.75) is 31.6 Å². The van der Waals surface area contributed by atoms with Gasteiger partial charge in [-0.15, -0.1) is 0 Å². The third kappa shape index (κ3) is 3.88. The molecule has 3 rings (SSSR count). The molecular weight excluding hydrogens is 300 g/mol. The van der Waals surface area contributed by atoms with Gasteiger partial charge < -0.3 is 5.32 Å². The predicted octanol–water partition coefficient (Wildman–Crippen LogP) is 3.91. The zero-order valence-electron chi connectivity index (χ0n) is 12.5. The molecule has 1 atom stereocenters. The molecule has 1 N–H and O–H groups in total. The highest BCUT2D eigenvalue weighted by molar-refractivity contribution is 5.92. The van der Waals surface area contributed by atoms with Crippen LogP contribution in [-0.2, 0) is 4.79 Å². The van der Waals surface area contributed by atoms with Gasteiger partial charge in [0.1, 0.15) is 6.33 Å². The number of amides is 1. The summed E-state index contributed by atoms with van der Waals surface area (Å²) in [6.07, 6.45) is 5.27. The molecule has 23 heavy (non-hydrogen) atoms. The molecule has 1 aromatic carbocycles. The lowest BCUT2D eigenvalue weighted by atomic mass is 9.86. The van der Waals surface area contributed by atoms with Gasteiger partial charge in [0.2, 0.25) is 11.8 Å². The number of nitrogens with zero attached hydrogens (tertiary/aromatic N) is 2. The number of halogens is 2. The van der Waals surface area contributed by atoms with Crippen molar-refractivity contribution < 1.29 is 13.6 Å². The third-order valence-corrected chi connectivity index (χ3v) is 4.06. The van der Waals surface area contributed by atoms with Crippen molar-refractivity contribution in [3.63, 3.8) is 0 Å². The minimum Gasteiger partial charge on any atom is -0.326 e. The summed E-state index contributed by atoms with van der Waals surface area (Å²) in [4.78, 5) is 20.1. The molecule has 2 aromatic rings. The SMILES string of the molecule is O=C(Nc1ccc(-c2cncnc2)cc1)C1CCCC(F)(F)C1. The van der Waals surface area contributed by atoms with Gasteiger partial charge in [-0.05, 0) is 30.5 Å². The van der Waals surface area contributed by atoms with Crippen LogP contribution in [0.5, 0.6) is 0 Å². The fraction of sp³-hybridized carbons (Fsp3) is 0.353. The number of nitrogens with one attached hydrogen (secondary N) is 1. The molecule has 0 spiro atoms. The van der Waals surface area contributed by atoms with Crippen LogP contribution in [0.15, 0.2) is 43.0 Å². The molecule has 120 valence electrons. The molecule has 1 aliphatic carbocycles. The van der Waals surface area contributed by atoms with Crippen LogP contribution < -0.4 is 5.32 Å². The highest BCUT2D eigenvalue weighted by Crippen LogP contribution is 2.37. The molecule has 0 bridgehead atoms. The van der Waals surface area contributed by atoms with E-state index in [4.69, 9.17) is 0 Å². The maximum absolute atomic E-state index is 13.4. The highest BCUT2D eigenvalue weighted by atomic mass is 19.3. The molecule has 1 unspecified atom stereocenters. The number of anilines is 1. The van der Waals surface area contributed by atoms with Crippen LogP contribution in [0.1, 0.15) is 25.7 Å². The van der Waals surface area contributed by atoms with Gasteiger partial charge in [0.05, 0.1) is 0 Å². The molecular formula is C17H17F2N3O. The summed E-state index contributed by atoms with van der Waals surface area (Å²) >= 11 is 0. The lowest BCUT2D eigenvalue weighted by Gasteiger charge is -2.28. The monoisotopic (exact) mass is 317 g/mol. The van der Waals surface area contributed by atoms with Crippen molar-refractivity contribution in [2.75, 3.05) is 5.32 Å². The van der Waals surface area contributed by atoms with Crippen LogP contribution in [0.25, 0.3) is 11.1 Å². The van der Waals surface area contributed by atoms with Gasteiger partial charge in [0, 0.05) is 42.4 Å². The molecule has 0 aliphatic heterocycles. The van der Waals surface area contributed by atoms with E-state index in [9.17, 15) is 13.6 Å². The maximum Gasteiger partial charge on any atom is 0.248 e. The average molecular weight is 317 g/mol. The molecule has 1 heterocycles. The van der Waals surface area contributed by atoms with Crippen LogP contribution in [0.4, 0.5) is 14.5 Å². The second-order valence-electron chi connectivity index (χ2n) is 5.84. The number of benzene rings is 1. The van der Waals surface area contributed by atoms with Crippen molar-refractivity contribution >= 4 is 11.6 Å². The van der Waals surface area contributed by atoms with Gasteiger partial charge in [0.25, 0.3) is 0 Å².